The van der Waals surface area contributed by atoms with E-state index in [4.69, 9.17) is 10.2 Å². The number of carbonyl (C=O) groups excluding carboxylic acids is 1. The van der Waals surface area contributed by atoms with Crippen molar-refractivity contribution in [3.8, 4) is 0 Å². The first-order valence-electron chi connectivity index (χ1n) is 9.66. The molecule has 1 aromatic heterocycles. The highest BCUT2D eigenvalue weighted by Gasteiger charge is 2.37. The highest BCUT2D eigenvalue weighted by Crippen LogP contribution is 2.37. The first kappa shape index (κ1) is 26.6. The van der Waals surface area contributed by atoms with Crippen LogP contribution in [-0.2, 0) is 16.2 Å². The molecule has 0 bridgehead atoms. The summed E-state index contributed by atoms with van der Waals surface area (Å²) in [7, 11) is -4.79. The largest absolute Gasteiger partial charge is 0.434 e. The summed E-state index contributed by atoms with van der Waals surface area (Å²) in [6, 6.07) is 2.39. The van der Waals surface area contributed by atoms with Gasteiger partial charge < -0.3 is 10.2 Å². The van der Waals surface area contributed by atoms with E-state index < -0.39 is 67.6 Å². The number of nitrogens with one attached hydrogen (secondary N) is 2. The predicted octanol–water partition coefficient (Wildman–Crippen LogP) is 3.51. The summed E-state index contributed by atoms with van der Waals surface area (Å²) in [5, 5.41) is 5.59. The number of alkyl halides is 3. The fourth-order valence-electron chi connectivity index (χ4n) is 3.50. The number of nitrogens with zero attached hydrogens (tertiary/aromatic N) is 1. The Kier molecular flexibility index (Phi) is 7.24. The summed E-state index contributed by atoms with van der Waals surface area (Å²) in [4.78, 5) is 22.5. The zero-order chi connectivity index (χ0) is 26.3. The van der Waals surface area contributed by atoms with Gasteiger partial charge >= 0.3 is 11.9 Å². The van der Waals surface area contributed by atoms with Gasteiger partial charge in [0.2, 0.25) is 21.8 Å². The maximum atomic E-state index is 14.8. The second-order valence-corrected chi connectivity index (χ2v) is 10.0. The molecule has 0 aliphatic carbocycles. The van der Waals surface area contributed by atoms with Gasteiger partial charge in [0.25, 0.3) is 0 Å². The minimum Gasteiger partial charge on any atom is -0.391 e. The molecule has 0 saturated carbocycles. The number of rotatable bonds is 7. The number of benzene rings is 2. The summed E-state index contributed by atoms with van der Waals surface area (Å²) >= 11 is 3.26. The maximum absolute atomic E-state index is 14.8. The molecule has 3 rings (SSSR count). The van der Waals surface area contributed by atoms with Gasteiger partial charge in [0.15, 0.2) is 0 Å². The lowest BCUT2D eigenvalue weighted by atomic mass is 9.90. The molecule has 188 valence electrons. The first-order chi connectivity index (χ1) is 16.1. The average Bonchev–Trinajstić information content (AvgIpc) is 3.19. The Morgan fingerprint density at radius 1 is 1.26 bits per heavy atom. The number of halogens is 5. The quantitative estimate of drug-likeness (QED) is 0.364. The van der Waals surface area contributed by atoms with Crippen LogP contribution in [0.15, 0.2) is 48.9 Å². The Morgan fingerprint density at radius 3 is 2.46 bits per heavy atom. The SMILES string of the molecule is Cc1c(Br)ccc(F)c1C(C)C(NS(=O)(=O)c1ccc(C(F)(F)F)cc1C(N)=O)c1n[nH]c(=O)o1. The van der Waals surface area contributed by atoms with Crippen molar-refractivity contribution >= 4 is 31.9 Å². The van der Waals surface area contributed by atoms with Crippen molar-refractivity contribution in [3.63, 3.8) is 0 Å². The van der Waals surface area contributed by atoms with E-state index in [0.717, 1.165) is 6.07 Å². The molecule has 0 spiro atoms. The van der Waals surface area contributed by atoms with Crippen LogP contribution >= 0.6 is 15.9 Å². The van der Waals surface area contributed by atoms with Crippen LogP contribution < -0.4 is 16.2 Å². The van der Waals surface area contributed by atoms with Crippen LogP contribution in [0.3, 0.4) is 0 Å². The van der Waals surface area contributed by atoms with Gasteiger partial charge in [-0.05, 0) is 48.4 Å². The topological polar surface area (TPSA) is 148 Å². The van der Waals surface area contributed by atoms with Crippen molar-refractivity contribution in [2.45, 2.75) is 36.9 Å². The van der Waals surface area contributed by atoms with E-state index in [1.54, 1.807) is 6.92 Å². The average molecular weight is 581 g/mol. The summed E-state index contributed by atoms with van der Waals surface area (Å²) in [6.07, 6.45) is -4.87. The standard InChI is InChI=1S/C20H17BrF4N4O5S/c1-8-12(21)4-5-13(22)15(8)9(2)16(18-27-28-19(31)34-18)29-35(32,33)14-6-3-10(20(23,24)25)7-11(14)17(26)30/h3-7,9,16,29H,1-2H3,(H2,26,30)(H,28,31). The van der Waals surface area contributed by atoms with E-state index in [0.29, 0.717) is 28.2 Å². The molecular weight excluding hydrogens is 564 g/mol. The number of primary amides is 1. The molecule has 35 heavy (non-hydrogen) atoms. The number of hydrogen-bond acceptors (Lipinski definition) is 6. The Morgan fingerprint density at radius 2 is 1.91 bits per heavy atom. The van der Waals surface area contributed by atoms with E-state index in [9.17, 15) is 35.6 Å². The van der Waals surface area contributed by atoms with Crippen molar-refractivity contribution in [1.82, 2.24) is 14.9 Å². The molecule has 0 radical (unpaired) electrons. The lowest BCUT2D eigenvalue weighted by molar-refractivity contribution is -0.137. The van der Waals surface area contributed by atoms with Gasteiger partial charge in [-0.25, -0.2) is 22.7 Å². The fraction of sp³-hybridized carbons (Fsp3) is 0.250. The Hall–Kier alpha value is -3.04. The molecule has 0 fully saturated rings. The third kappa shape index (κ3) is 5.46. The van der Waals surface area contributed by atoms with Crippen molar-refractivity contribution in [1.29, 1.82) is 0 Å². The summed E-state index contributed by atoms with van der Waals surface area (Å²) < 4.78 is 88.0. The monoisotopic (exact) mass is 580 g/mol. The highest BCUT2D eigenvalue weighted by molar-refractivity contribution is 9.10. The van der Waals surface area contributed by atoms with Gasteiger partial charge in [-0.3, -0.25) is 4.79 Å². The molecule has 1 heterocycles. The van der Waals surface area contributed by atoms with E-state index in [1.165, 1.54) is 13.0 Å². The molecule has 3 aromatic rings. The normalized spacial score (nSPS) is 14.0. The molecule has 4 N–H and O–H groups in total. The first-order valence-corrected chi connectivity index (χ1v) is 11.9. The summed E-state index contributed by atoms with van der Waals surface area (Å²) in [5.41, 5.74) is 3.38. The van der Waals surface area contributed by atoms with Crippen LogP contribution in [0.25, 0.3) is 0 Å². The lowest BCUT2D eigenvalue weighted by Gasteiger charge is -2.25. The second kappa shape index (κ2) is 9.54. The summed E-state index contributed by atoms with van der Waals surface area (Å²) in [5.74, 6) is -4.69. The van der Waals surface area contributed by atoms with E-state index >= 15 is 0 Å². The van der Waals surface area contributed by atoms with Gasteiger partial charge in [-0.2, -0.15) is 17.9 Å². The minimum atomic E-state index is -4.87. The van der Waals surface area contributed by atoms with Crippen LogP contribution in [0, 0.1) is 12.7 Å². The van der Waals surface area contributed by atoms with E-state index in [2.05, 4.69) is 25.8 Å². The molecule has 2 unspecified atom stereocenters. The molecule has 0 saturated heterocycles. The molecule has 1 amide bonds. The van der Waals surface area contributed by atoms with Crippen LogP contribution in [-0.4, -0.2) is 24.5 Å². The minimum absolute atomic E-state index is 0.0419. The molecule has 2 atom stereocenters. The molecule has 2 aromatic carbocycles. The maximum Gasteiger partial charge on any atom is 0.434 e. The number of carbonyl (C=O) groups is 1. The number of amides is 1. The molecule has 0 aliphatic rings. The van der Waals surface area contributed by atoms with Crippen molar-refractivity contribution < 1.29 is 35.2 Å². The molecule has 0 aliphatic heterocycles. The zero-order valence-corrected chi connectivity index (χ0v) is 20.3. The Balaban J connectivity index is 2.15. The highest BCUT2D eigenvalue weighted by atomic mass is 79.9. The van der Waals surface area contributed by atoms with Crippen molar-refractivity contribution in [2.24, 2.45) is 5.73 Å². The third-order valence-corrected chi connectivity index (χ3v) is 7.57. The predicted molar refractivity (Wildman–Crippen MR) is 117 cm³/mol. The molecule has 15 heteroatoms. The second-order valence-electron chi connectivity index (χ2n) is 7.48. The number of H-pyrrole nitrogens is 1. The van der Waals surface area contributed by atoms with Gasteiger partial charge in [0.05, 0.1) is 16.0 Å². The number of aromatic nitrogens is 2. The molecular formula is C20H17BrF4N4O5S. The van der Waals surface area contributed by atoms with Gasteiger partial charge in [-0.1, -0.05) is 22.9 Å². The third-order valence-electron chi connectivity index (χ3n) is 5.22. The van der Waals surface area contributed by atoms with Gasteiger partial charge in [0.1, 0.15) is 11.9 Å². The van der Waals surface area contributed by atoms with Crippen molar-refractivity contribution in [2.75, 3.05) is 0 Å². The summed E-state index contributed by atoms with van der Waals surface area (Å²) in [6.45, 7) is 2.98. The lowest BCUT2D eigenvalue weighted by Crippen LogP contribution is -2.34. The van der Waals surface area contributed by atoms with E-state index in [-0.39, 0.29) is 5.56 Å². The van der Waals surface area contributed by atoms with Crippen LogP contribution in [0.1, 0.15) is 51.8 Å². The van der Waals surface area contributed by atoms with Gasteiger partial charge in [-0.15, -0.1) is 5.10 Å². The van der Waals surface area contributed by atoms with Crippen LogP contribution in [0.5, 0.6) is 0 Å². The number of nitrogens with two attached hydrogens (primary N) is 1. The number of sulfonamides is 1. The molecule has 9 nitrogen and oxygen atoms in total. The zero-order valence-electron chi connectivity index (χ0n) is 17.9. The van der Waals surface area contributed by atoms with Crippen molar-refractivity contribution in [3.05, 3.63) is 79.3 Å². The Bertz CT molecular complexity index is 1450. The van der Waals surface area contributed by atoms with Gasteiger partial charge in [0, 0.05) is 10.4 Å². The van der Waals surface area contributed by atoms with E-state index in [1.807, 2.05) is 5.10 Å². The smallest absolute Gasteiger partial charge is 0.391 e. The number of hydrogen-bond donors (Lipinski definition) is 3. The van der Waals surface area contributed by atoms with Crippen LogP contribution in [0.2, 0.25) is 0 Å². The van der Waals surface area contributed by atoms with Crippen LogP contribution in [0.4, 0.5) is 17.6 Å². The number of aromatic amines is 1. The Labute approximate surface area is 203 Å². The fourth-order valence-corrected chi connectivity index (χ4v) is 5.31.